The van der Waals surface area contributed by atoms with Gasteiger partial charge in [-0.2, -0.15) is 4.98 Å². The number of nitrogens with two attached hydrogens (primary N) is 1. The topological polar surface area (TPSA) is 93.3 Å². The predicted octanol–water partition coefficient (Wildman–Crippen LogP) is 2.36. The number of anilines is 4. The number of hydrogen-bond donors (Lipinski definition) is 1. The van der Waals surface area contributed by atoms with E-state index < -0.39 is 0 Å². The van der Waals surface area contributed by atoms with E-state index in [4.69, 9.17) is 20.4 Å². The number of ether oxygens (including phenoxy) is 1. The average Bonchev–Trinajstić information content (AvgIpc) is 3.18. The quantitative estimate of drug-likeness (QED) is 0.730. The van der Waals surface area contributed by atoms with Gasteiger partial charge in [0.25, 0.3) is 0 Å². The highest BCUT2D eigenvalue weighted by atomic mass is 16.5. The molecule has 2 aromatic heterocycles. The van der Waals surface area contributed by atoms with E-state index in [1.54, 1.807) is 12.4 Å². The van der Waals surface area contributed by atoms with E-state index in [0.29, 0.717) is 13.2 Å². The highest BCUT2D eigenvalue weighted by molar-refractivity contribution is 5.77. The molecule has 29 heavy (non-hydrogen) atoms. The number of aromatic nitrogens is 4. The predicted molar refractivity (Wildman–Crippen MR) is 112 cm³/mol. The lowest BCUT2D eigenvalue weighted by Crippen LogP contribution is -2.37. The third kappa shape index (κ3) is 3.25. The van der Waals surface area contributed by atoms with E-state index in [1.807, 2.05) is 0 Å². The monoisotopic (exact) mass is 389 g/mol. The summed E-state index contributed by atoms with van der Waals surface area (Å²) in [7, 11) is 0. The largest absolute Gasteiger partial charge is 0.378 e. The maximum Gasteiger partial charge on any atom is 0.228 e. The molecular formula is C21H23N7O. The van der Waals surface area contributed by atoms with Crippen molar-refractivity contribution in [3.8, 4) is 11.3 Å². The van der Waals surface area contributed by atoms with Crippen molar-refractivity contribution in [3.63, 3.8) is 0 Å². The maximum absolute atomic E-state index is 5.69. The van der Waals surface area contributed by atoms with Crippen LogP contribution in [0.1, 0.15) is 11.1 Å². The number of nitrogens with zero attached hydrogens (tertiary/aromatic N) is 6. The van der Waals surface area contributed by atoms with Gasteiger partial charge in [-0.25, -0.2) is 15.0 Å². The van der Waals surface area contributed by atoms with E-state index in [2.05, 4.69) is 51.0 Å². The first-order valence-corrected chi connectivity index (χ1v) is 9.85. The van der Waals surface area contributed by atoms with Crippen LogP contribution in [-0.4, -0.2) is 52.8 Å². The summed E-state index contributed by atoms with van der Waals surface area (Å²) in [5, 5.41) is 0. The Morgan fingerprint density at radius 3 is 2.52 bits per heavy atom. The van der Waals surface area contributed by atoms with E-state index >= 15 is 0 Å². The second-order valence-corrected chi connectivity index (χ2v) is 7.29. The van der Waals surface area contributed by atoms with Gasteiger partial charge < -0.3 is 20.3 Å². The fourth-order valence-electron chi connectivity index (χ4n) is 3.95. The Morgan fingerprint density at radius 2 is 1.76 bits per heavy atom. The highest BCUT2D eigenvalue weighted by Gasteiger charge is 2.29. The van der Waals surface area contributed by atoms with Gasteiger partial charge >= 0.3 is 0 Å². The second kappa shape index (κ2) is 7.29. The lowest BCUT2D eigenvalue weighted by Gasteiger charge is -2.28. The van der Waals surface area contributed by atoms with Gasteiger partial charge in [0.1, 0.15) is 5.82 Å². The van der Waals surface area contributed by atoms with Crippen LogP contribution >= 0.6 is 0 Å². The summed E-state index contributed by atoms with van der Waals surface area (Å²) in [4.78, 5) is 22.7. The van der Waals surface area contributed by atoms with Crippen molar-refractivity contribution in [2.45, 2.75) is 13.3 Å². The first-order chi connectivity index (χ1) is 14.2. The summed E-state index contributed by atoms with van der Waals surface area (Å²) in [6.07, 6.45) is 4.35. The van der Waals surface area contributed by atoms with Crippen molar-refractivity contribution in [1.29, 1.82) is 0 Å². The molecule has 2 aliphatic rings. The minimum absolute atomic E-state index is 0.259. The summed E-state index contributed by atoms with van der Waals surface area (Å²) in [6, 6.07) is 8.41. The van der Waals surface area contributed by atoms with E-state index in [9.17, 15) is 0 Å². The molecule has 4 heterocycles. The zero-order chi connectivity index (χ0) is 19.8. The fraction of sp³-hybridized carbons (Fsp3) is 0.333. The summed E-state index contributed by atoms with van der Waals surface area (Å²) < 4.78 is 5.51. The lowest BCUT2D eigenvalue weighted by atomic mass is 10.1. The van der Waals surface area contributed by atoms with Crippen molar-refractivity contribution in [2.24, 2.45) is 0 Å². The minimum Gasteiger partial charge on any atom is -0.378 e. The molecule has 5 rings (SSSR count). The molecule has 0 bridgehead atoms. The molecule has 148 valence electrons. The van der Waals surface area contributed by atoms with Crippen molar-refractivity contribution in [2.75, 3.05) is 48.4 Å². The van der Waals surface area contributed by atoms with Crippen LogP contribution < -0.4 is 15.5 Å². The van der Waals surface area contributed by atoms with Gasteiger partial charge in [-0.05, 0) is 25.0 Å². The smallest absolute Gasteiger partial charge is 0.228 e. The molecule has 1 aromatic carbocycles. The van der Waals surface area contributed by atoms with Gasteiger partial charge in [-0.15, -0.1) is 0 Å². The van der Waals surface area contributed by atoms with E-state index in [1.165, 1.54) is 11.3 Å². The molecule has 8 nitrogen and oxygen atoms in total. The van der Waals surface area contributed by atoms with Crippen LogP contribution in [0, 0.1) is 6.92 Å². The van der Waals surface area contributed by atoms with Gasteiger partial charge in [0, 0.05) is 48.8 Å². The second-order valence-electron chi connectivity index (χ2n) is 7.29. The maximum atomic E-state index is 5.69. The van der Waals surface area contributed by atoms with E-state index in [-0.39, 0.29) is 5.95 Å². The number of aryl methyl sites for hydroxylation is 1. The molecule has 0 amide bonds. The molecule has 2 N–H and O–H groups in total. The molecule has 2 aliphatic heterocycles. The first kappa shape index (κ1) is 17.8. The van der Waals surface area contributed by atoms with Crippen molar-refractivity contribution in [3.05, 3.63) is 47.8 Å². The molecule has 0 spiro atoms. The number of para-hydroxylation sites is 1. The molecule has 0 atom stereocenters. The van der Waals surface area contributed by atoms with Crippen molar-refractivity contribution < 1.29 is 4.74 Å². The van der Waals surface area contributed by atoms with Crippen LogP contribution in [0.4, 0.5) is 23.4 Å². The molecule has 1 saturated heterocycles. The standard InChI is InChI=1S/C21H23N7O/c1-14-4-2-3-5-17(14)28-7-6-16-18(15-12-23-20(22)24-13-15)25-21(26-19(16)28)27-8-10-29-11-9-27/h2-5,12-13H,6-11H2,1H3,(H2,22,23,24). The van der Waals surface area contributed by atoms with Gasteiger partial charge in [0.2, 0.25) is 11.9 Å². The van der Waals surface area contributed by atoms with Gasteiger partial charge in [-0.3, -0.25) is 0 Å². The van der Waals surface area contributed by atoms with Crippen molar-refractivity contribution >= 4 is 23.4 Å². The number of morpholine rings is 1. The summed E-state index contributed by atoms with van der Waals surface area (Å²) in [5.41, 5.74) is 11.0. The van der Waals surface area contributed by atoms with Crippen LogP contribution in [0.15, 0.2) is 36.7 Å². The van der Waals surface area contributed by atoms with Gasteiger partial charge in [0.05, 0.1) is 18.9 Å². The molecule has 3 aromatic rings. The Labute approximate surface area is 169 Å². The molecule has 0 unspecified atom stereocenters. The van der Waals surface area contributed by atoms with Crippen molar-refractivity contribution in [1.82, 2.24) is 19.9 Å². The van der Waals surface area contributed by atoms with Crippen LogP contribution in [0.25, 0.3) is 11.3 Å². The zero-order valence-electron chi connectivity index (χ0n) is 16.4. The third-order valence-electron chi connectivity index (χ3n) is 5.46. The molecule has 1 fully saturated rings. The number of nitrogen functional groups attached to an aromatic ring is 1. The van der Waals surface area contributed by atoms with Crippen LogP contribution in [0.5, 0.6) is 0 Å². The number of hydrogen-bond acceptors (Lipinski definition) is 8. The van der Waals surface area contributed by atoms with E-state index in [0.717, 1.165) is 54.6 Å². The van der Waals surface area contributed by atoms with Gasteiger partial charge in [0.15, 0.2) is 0 Å². The number of rotatable bonds is 3. The molecule has 0 radical (unpaired) electrons. The van der Waals surface area contributed by atoms with Crippen LogP contribution in [-0.2, 0) is 11.2 Å². The minimum atomic E-state index is 0.259. The van der Waals surface area contributed by atoms with Crippen LogP contribution in [0.3, 0.4) is 0 Å². The summed E-state index contributed by atoms with van der Waals surface area (Å²) in [6.45, 7) is 5.92. The SMILES string of the molecule is Cc1ccccc1N1CCc2c(-c3cnc(N)nc3)nc(N3CCOCC3)nc21. The number of benzene rings is 1. The Bertz CT molecular complexity index is 1030. The van der Waals surface area contributed by atoms with Crippen LogP contribution in [0.2, 0.25) is 0 Å². The molecule has 0 saturated carbocycles. The normalized spacial score (nSPS) is 16.2. The number of fused-ring (bicyclic) bond motifs is 1. The Morgan fingerprint density at radius 1 is 1.00 bits per heavy atom. The fourth-order valence-corrected chi connectivity index (χ4v) is 3.95. The molecular weight excluding hydrogens is 366 g/mol. The Kier molecular flexibility index (Phi) is 4.48. The van der Waals surface area contributed by atoms with Gasteiger partial charge in [-0.1, -0.05) is 18.2 Å². The first-order valence-electron chi connectivity index (χ1n) is 9.85. The summed E-state index contributed by atoms with van der Waals surface area (Å²) in [5.74, 6) is 1.94. The third-order valence-corrected chi connectivity index (χ3v) is 5.46. The Hall–Kier alpha value is -3.26. The lowest BCUT2D eigenvalue weighted by molar-refractivity contribution is 0.122. The molecule has 8 heteroatoms. The Balaban J connectivity index is 1.66. The highest BCUT2D eigenvalue weighted by Crippen LogP contribution is 2.40. The zero-order valence-corrected chi connectivity index (χ0v) is 16.4. The average molecular weight is 389 g/mol. The summed E-state index contributed by atoms with van der Waals surface area (Å²) >= 11 is 0. The molecule has 0 aliphatic carbocycles.